The topological polar surface area (TPSA) is 89.0 Å². The lowest BCUT2D eigenvalue weighted by molar-refractivity contribution is -0.128. The van der Waals surface area contributed by atoms with Crippen LogP contribution < -0.4 is 20.2 Å². The van der Waals surface area contributed by atoms with Crippen LogP contribution in [0.2, 0.25) is 0 Å². The van der Waals surface area contributed by atoms with Gasteiger partial charge in [0.2, 0.25) is 5.91 Å². The van der Waals surface area contributed by atoms with Crippen molar-refractivity contribution in [1.82, 2.24) is 10.7 Å². The summed E-state index contributed by atoms with van der Waals surface area (Å²) in [6.07, 6.45) is 1.68. The van der Waals surface area contributed by atoms with Crippen LogP contribution in [-0.2, 0) is 16.0 Å². The molecule has 0 bridgehead atoms. The molecule has 0 spiro atoms. The fraction of sp³-hybridized carbons (Fsp3) is 0.250. The number of hydrogen-bond donors (Lipinski definition) is 2. The van der Waals surface area contributed by atoms with E-state index < -0.39 is 11.9 Å². The molecule has 27 heavy (non-hydrogen) atoms. The van der Waals surface area contributed by atoms with Gasteiger partial charge in [-0.3, -0.25) is 9.59 Å². The Morgan fingerprint density at radius 2 is 1.78 bits per heavy atom. The van der Waals surface area contributed by atoms with Crippen molar-refractivity contribution < 1.29 is 19.1 Å². The molecule has 2 amide bonds. The number of rotatable bonds is 8. The Balaban J connectivity index is 1.81. The lowest BCUT2D eigenvalue weighted by Crippen LogP contribution is -2.43. The zero-order valence-electron chi connectivity index (χ0n) is 15.6. The predicted molar refractivity (Wildman–Crippen MR) is 103 cm³/mol. The molecule has 0 aliphatic heterocycles. The molecule has 1 atom stereocenters. The highest BCUT2D eigenvalue weighted by Crippen LogP contribution is 2.12. The van der Waals surface area contributed by atoms with Gasteiger partial charge in [-0.2, -0.15) is 5.10 Å². The number of hydrazone groups is 1. The highest BCUT2D eigenvalue weighted by Gasteiger charge is 2.15. The van der Waals surface area contributed by atoms with Crippen LogP contribution in [0.5, 0.6) is 11.5 Å². The Morgan fingerprint density at radius 1 is 1.07 bits per heavy atom. The fourth-order valence-corrected chi connectivity index (χ4v) is 2.28. The highest BCUT2D eigenvalue weighted by molar-refractivity contribution is 5.89. The molecule has 2 aromatic rings. The van der Waals surface area contributed by atoms with Crippen molar-refractivity contribution in [2.45, 2.75) is 19.4 Å². The number of methoxy groups -OCH3 is 2. The van der Waals surface area contributed by atoms with Gasteiger partial charge in [-0.05, 0) is 42.3 Å². The maximum Gasteiger partial charge on any atom is 0.262 e. The summed E-state index contributed by atoms with van der Waals surface area (Å²) in [7, 11) is 3.16. The molecule has 7 nitrogen and oxygen atoms in total. The Labute approximate surface area is 158 Å². The maximum absolute atomic E-state index is 12.1. The molecule has 0 heterocycles. The van der Waals surface area contributed by atoms with Crippen LogP contribution in [0, 0.1) is 0 Å². The van der Waals surface area contributed by atoms with Crippen molar-refractivity contribution in [2.24, 2.45) is 5.10 Å². The minimum atomic E-state index is -0.710. The average molecular weight is 369 g/mol. The highest BCUT2D eigenvalue weighted by atomic mass is 16.5. The first kappa shape index (κ1) is 20.0. The van der Waals surface area contributed by atoms with Gasteiger partial charge in [0.1, 0.15) is 17.5 Å². The first-order valence-corrected chi connectivity index (χ1v) is 8.41. The second-order valence-corrected chi connectivity index (χ2v) is 5.82. The van der Waals surface area contributed by atoms with Crippen molar-refractivity contribution in [1.29, 1.82) is 0 Å². The average Bonchev–Trinajstić information content (AvgIpc) is 2.68. The molecule has 1 unspecified atom stereocenters. The van der Waals surface area contributed by atoms with E-state index in [1.54, 1.807) is 39.3 Å². The van der Waals surface area contributed by atoms with E-state index in [1.807, 2.05) is 30.3 Å². The number of nitrogens with zero attached hydrogens (tertiary/aromatic N) is 1. The van der Waals surface area contributed by atoms with Crippen LogP contribution in [0.15, 0.2) is 53.6 Å². The first-order valence-electron chi connectivity index (χ1n) is 8.41. The van der Waals surface area contributed by atoms with Gasteiger partial charge < -0.3 is 14.8 Å². The minimum Gasteiger partial charge on any atom is -0.497 e. The number of carbonyl (C=O) groups is 2. The second-order valence-electron chi connectivity index (χ2n) is 5.82. The summed E-state index contributed by atoms with van der Waals surface area (Å²) in [5, 5.41) is 6.55. The largest absolute Gasteiger partial charge is 0.497 e. The number of hydrogen-bond acceptors (Lipinski definition) is 5. The Hall–Kier alpha value is -3.35. The number of nitrogens with one attached hydrogen (secondary N) is 2. The van der Waals surface area contributed by atoms with Crippen molar-refractivity contribution in [3.05, 3.63) is 59.7 Å². The molecule has 0 aliphatic carbocycles. The Bertz CT molecular complexity index is 803. The predicted octanol–water partition coefficient (Wildman–Crippen LogP) is 1.90. The zero-order valence-corrected chi connectivity index (χ0v) is 15.6. The Kier molecular flexibility index (Phi) is 7.37. The molecule has 2 aromatic carbocycles. The molecule has 0 saturated carbocycles. The van der Waals surface area contributed by atoms with Crippen molar-refractivity contribution in [2.75, 3.05) is 14.2 Å². The van der Waals surface area contributed by atoms with Crippen LogP contribution in [-0.4, -0.2) is 38.3 Å². The number of benzene rings is 2. The van der Waals surface area contributed by atoms with Crippen molar-refractivity contribution >= 4 is 18.0 Å². The molecule has 2 N–H and O–H groups in total. The number of amides is 2. The van der Waals surface area contributed by atoms with E-state index in [9.17, 15) is 9.59 Å². The smallest absolute Gasteiger partial charge is 0.262 e. The summed E-state index contributed by atoms with van der Waals surface area (Å²) in [6, 6.07) is 13.7. The van der Waals surface area contributed by atoms with Gasteiger partial charge in [-0.25, -0.2) is 5.43 Å². The maximum atomic E-state index is 12.1. The minimum absolute atomic E-state index is 0.175. The second kappa shape index (κ2) is 9.96. The van der Waals surface area contributed by atoms with Crippen LogP contribution in [0.25, 0.3) is 0 Å². The van der Waals surface area contributed by atoms with Crippen LogP contribution in [0.4, 0.5) is 0 Å². The van der Waals surface area contributed by atoms with Crippen molar-refractivity contribution in [3.63, 3.8) is 0 Å². The van der Waals surface area contributed by atoms with E-state index in [0.717, 1.165) is 16.9 Å². The summed E-state index contributed by atoms with van der Waals surface area (Å²) >= 11 is 0. The normalized spacial score (nSPS) is 11.7. The molecule has 0 aromatic heterocycles. The van der Waals surface area contributed by atoms with E-state index in [1.165, 1.54) is 6.21 Å². The summed E-state index contributed by atoms with van der Waals surface area (Å²) < 4.78 is 10.2. The molecule has 2 rings (SSSR count). The zero-order chi connectivity index (χ0) is 19.6. The van der Waals surface area contributed by atoms with E-state index in [4.69, 9.17) is 9.47 Å². The van der Waals surface area contributed by atoms with E-state index in [2.05, 4.69) is 15.8 Å². The van der Waals surface area contributed by atoms with Crippen LogP contribution >= 0.6 is 0 Å². The molecule has 142 valence electrons. The van der Waals surface area contributed by atoms with Gasteiger partial charge in [0.05, 0.1) is 26.9 Å². The summed E-state index contributed by atoms with van der Waals surface area (Å²) in [5.74, 6) is 0.766. The lowest BCUT2D eigenvalue weighted by atomic mass is 10.1. The quantitative estimate of drug-likeness (QED) is 0.549. The third-order valence-corrected chi connectivity index (χ3v) is 3.78. The Morgan fingerprint density at radius 3 is 2.44 bits per heavy atom. The van der Waals surface area contributed by atoms with E-state index in [0.29, 0.717) is 5.75 Å². The van der Waals surface area contributed by atoms with Gasteiger partial charge in [0, 0.05) is 0 Å². The molecule has 7 heteroatoms. The third-order valence-electron chi connectivity index (χ3n) is 3.78. The summed E-state index contributed by atoms with van der Waals surface area (Å²) in [5.41, 5.74) is 4.02. The van der Waals surface area contributed by atoms with Gasteiger partial charge >= 0.3 is 0 Å². The van der Waals surface area contributed by atoms with Gasteiger partial charge in [0.15, 0.2) is 0 Å². The first-order chi connectivity index (χ1) is 13.0. The van der Waals surface area contributed by atoms with E-state index in [-0.39, 0.29) is 12.3 Å². The van der Waals surface area contributed by atoms with Crippen molar-refractivity contribution in [3.8, 4) is 11.5 Å². The standard InChI is InChI=1S/C20H23N3O4/c1-14(22-19(24)12-15-7-9-17(26-2)10-8-15)20(25)23-21-13-16-5-4-6-18(11-16)27-3/h4-11,13-14H,12H2,1-3H3,(H,22,24)(H,23,25). The van der Waals surface area contributed by atoms with E-state index >= 15 is 0 Å². The molecule has 0 saturated heterocycles. The monoisotopic (exact) mass is 369 g/mol. The lowest BCUT2D eigenvalue weighted by Gasteiger charge is -2.12. The molecule has 0 aliphatic rings. The van der Waals surface area contributed by atoms with Gasteiger partial charge in [-0.15, -0.1) is 0 Å². The summed E-state index contributed by atoms with van der Waals surface area (Å²) in [4.78, 5) is 24.1. The molecule has 0 fully saturated rings. The van der Waals surface area contributed by atoms with Crippen LogP contribution in [0.3, 0.4) is 0 Å². The molecular formula is C20H23N3O4. The SMILES string of the molecule is COc1ccc(CC(=O)NC(C)C(=O)NN=Cc2cccc(OC)c2)cc1. The molecule has 0 radical (unpaired) electrons. The fourth-order valence-electron chi connectivity index (χ4n) is 2.28. The number of ether oxygens (including phenoxy) is 2. The van der Waals surface area contributed by atoms with Gasteiger partial charge in [-0.1, -0.05) is 24.3 Å². The molecular weight excluding hydrogens is 346 g/mol. The summed E-state index contributed by atoms with van der Waals surface area (Å²) in [6.45, 7) is 1.60. The number of carbonyl (C=O) groups excluding carboxylic acids is 2. The van der Waals surface area contributed by atoms with Crippen LogP contribution in [0.1, 0.15) is 18.1 Å². The van der Waals surface area contributed by atoms with Gasteiger partial charge in [0.25, 0.3) is 5.91 Å². The third kappa shape index (κ3) is 6.47.